The van der Waals surface area contributed by atoms with Gasteiger partial charge in [-0.1, -0.05) is 29.8 Å². The highest BCUT2D eigenvalue weighted by atomic mass is 35.5. The van der Waals surface area contributed by atoms with Crippen molar-refractivity contribution in [3.8, 4) is 11.5 Å². The Bertz CT molecular complexity index is 911. The van der Waals surface area contributed by atoms with E-state index < -0.39 is 0 Å². The second-order valence-electron chi connectivity index (χ2n) is 7.46. The molecule has 1 aliphatic rings. The quantitative estimate of drug-likeness (QED) is 0.676. The van der Waals surface area contributed by atoms with Crippen LogP contribution in [0.4, 0.5) is 4.79 Å². The van der Waals surface area contributed by atoms with Gasteiger partial charge < -0.3 is 14.4 Å². The SMILES string of the molecule is Cc1cc(OCCC2c3cc(OC(=O)N(C)C)ccc3C=CCN2C)ccc1Cl. The third-order valence-electron chi connectivity index (χ3n) is 5.00. The normalized spacial score (nSPS) is 16.1. The molecule has 5 nitrogen and oxygen atoms in total. The third-order valence-corrected chi connectivity index (χ3v) is 5.42. The van der Waals surface area contributed by atoms with Gasteiger partial charge in [-0.25, -0.2) is 4.79 Å². The average Bonchev–Trinajstić information content (AvgIpc) is 2.83. The third kappa shape index (κ3) is 5.31. The molecule has 0 N–H and O–H groups in total. The van der Waals surface area contributed by atoms with E-state index in [0.717, 1.165) is 40.4 Å². The summed E-state index contributed by atoms with van der Waals surface area (Å²) in [5.74, 6) is 1.36. The summed E-state index contributed by atoms with van der Waals surface area (Å²) in [6.45, 7) is 3.37. The van der Waals surface area contributed by atoms with Gasteiger partial charge in [0.2, 0.25) is 0 Å². The topological polar surface area (TPSA) is 42.0 Å². The van der Waals surface area contributed by atoms with Gasteiger partial charge in [0.1, 0.15) is 11.5 Å². The highest BCUT2D eigenvalue weighted by Gasteiger charge is 2.22. The number of benzene rings is 2. The van der Waals surface area contributed by atoms with Crippen molar-refractivity contribution in [3.63, 3.8) is 0 Å². The van der Waals surface area contributed by atoms with Crippen molar-refractivity contribution >= 4 is 23.8 Å². The van der Waals surface area contributed by atoms with E-state index in [0.29, 0.717) is 12.4 Å². The second-order valence-corrected chi connectivity index (χ2v) is 7.87. The zero-order valence-electron chi connectivity index (χ0n) is 17.3. The van der Waals surface area contributed by atoms with E-state index >= 15 is 0 Å². The first-order valence-electron chi connectivity index (χ1n) is 9.64. The van der Waals surface area contributed by atoms with E-state index in [-0.39, 0.29) is 12.1 Å². The molecule has 0 aromatic heterocycles. The van der Waals surface area contributed by atoms with Crippen LogP contribution in [0.1, 0.15) is 29.2 Å². The van der Waals surface area contributed by atoms with Crippen LogP contribution in [0.2, 0.25) is 5.02 Å². The number of carbonyl (C=O) groups excluding carboxylic acids is 1. The van der Waals surface area contributed by atoms with Crippen LogP contribution in [0, 0.1) is 6.92 Å². The minimum absolute atomic E-state index is 0.145. The summed E-state index contributed by atoms with van der Waals surface area (Å²) in [4.78, 5) is 15.6. The Labute approximate surface area is 177 Å². The first-order chi connectivity index (χ1) is 13.8. The summed E-state index contributed by atoms with van der Waals surface area (Å²) < 4.78 is 11.4. The van der Waals surface area contributed by atoms with Crippen LogP contribution in [0.3, 0.4) is 0 Å². The van der Waals surface area contributed by atoms with Crippen LogP contribution in [-0.4, -0.2) is 50.2 Å². The number of halogens is 1. The molecular weight excluding hydrogens is 388 g/mol. The van der Waals surface area contributed by atoms with Crippen molar-refractivity contribution in [1.29, 1.82) is 0 Å². The number of likely N-dealkylation sites (N-methyl/N-ethyl adjacent to an activating group) is 1. The molecule has 0 bridgehead atoms. The lowest BCUT2D eigenvalue weighted by molar-refractivity contribution is 0.171. The molecule has 1 heterocycles. The summed E-state index contributed by atoms with van der Waals surface area (Å²) in [5.41, 5.74) is 3.25. The monoisotopic (exact) mass is 414 g/mol. The zero-order chi connectivity index (χ0) is 21.0. The van der Waals surface area contributed by atoms with Crippen LogP contribution in [-0.2, 0) is 0 Å². The first-order valence-corrected chi connectivity index (χ1v) is 10.0. The highest BCUT2D eigenvalue weighted by Crippen LogP contribution is 2.33. The van der Waals surface area contributed by atoms with Gasteiger partial charge in [-0.2, -0.15) is 0 Å². The molecule has 0 aliphatic carbocycles. The fraction of sp³-hybridized carbons (Fsp3) is 0.348. The number of nitrogens with zero attached hydrogens (tertiary/aromatic N) is 2. The van der Waals surface area contributed by atoms with E-state index in [1.165, 1.54) is 4.90 Å². The second kappa shape index (κ2) is 9.33. The van der Waals surface area contributed by atoms with Crippen molar-refractivity contribution in [2.24, 2.45) is 0 Å². The molecule has 1 atom stereocenters. The fourth-order valence-corrected chi connectivity index (χ4v) is 3.45. The van der Waals surface area contributed by atoms with Crippen molar-refractivity contribution in [2.45, 2.75) is 19.4 Å². The van der Waals surface area contributed by atoms with Gasteiger partial charge >= 0.3 is 6.09 Å². The molecule has 0 saturated carbocycles. The molecular formula is C23H27ClN2O3. The zero-order valence-corrected chi connectivity index (χ0v) is 18.1. The number of aryl methyl sites for hydroxylation is 1. The van der Waals surface area contributed by atoms with E-state index in [4.69, 9.17) is 21.1 Å². The average molecular weight is 415 g/mol. The van der Waals surface area contributed by atoms with Gasteiger partial charge in [-0.15, -0.1) is 0 Å². The van der Waals surface area contributed by atoms with Crippen molar-refractivity contribution in [3.05, 3.63) is 64.2 Å². The summed E-state index contributed by atoms with van der Waals surface area (Å²) in [6, 6.07) is 11.6. The first kappa shape index (κ1) is 21.2. The van der Waals surface area contributed by atoms with E-state index in [1.54, 1.807) is 14.1 Å². The van der Waals surface area contributed by atoms with Gasteiger partial charge in [0.25, 0.3) is 0 Å². The lowest BCUT2D eigenvalue weighted by atomic mass is 9.97. The maximum Gasteiger partial charge on any atom is 0.414 e. The predicted molar refractivity (Wildman–Crippen MR) is 117 cm³/mol. The standard InChI is InChI=1S/C23H27ClN2O3/c1-16-14-18(9-10-21(16)24)28-13-11-22-20-15-19(29-23(27)25(2)3)8-7-17(20)6-5-12-26(22)4/h5-10,14-15,22H,11-13H2,1-4H3. The number of rotatable bonds is 5. The number of carbonyl (C=O) groups is 1. The molecule has 3 rings (SSSR count). The van der Waals surface area contributed by atoms with Crippen LogP contribution >= 0.6 is 11.6 Å². The maximum atomic E-state index is 11.9. The Hall–Kier alpha value is -2.50. The molecule has 0 radical (unpaired) electrons. The number of ether oxygens (including phenoxy) is 2. The van der Waals surface area contributed by atoms with E-state index in [9.17, 15) is 4.79 Å². The maximum absolute atomic E-state index is 11.9. The molecule has 1 amide bonds. The molecule has 1 unspecified atom stereocenters. The summed E-state index contributed by atoms with van der Waals surface area (Å²) in [5, 5.41) is 0.737. The number of amides is 1. The predicted octanol–water partition coefficient (Wildman–Crippen LogP) is 5.18. The highest BCUT2D eigenvalue weighted by molar-refractivity contribution is 6.31. The van der Waals surface area contributed by atoms with E-state index in [1.807, 2.05) is 43.3 Å². The van der Waals surface area contributed by atoms with Crippen molar-refractivity contribution < 1.29 is 14.3 Å². The molecule has 0 saturated heterocycles. The van der Waals surface area contributed by atoms with Crippen LogP contribution in [0.25, 0.3) is 6.08 Å². The molecule has 2 aromatic carbocycles. The number of fused-ring (bicyclic) bond motifs is 1. The Morgan fingerprint density at radius 3 is 2.69 bits per heavy atom. The van der Waals surface area contributed by atoms with Gasteiger partial charge in [-0.05, 0) is 61.0 Å². The van der Waals surface area contributed by atoms with Crippen molar-refractivity contribution in [2.75, 3.05) is 34.3 Å². The Morgan fingerprint density at radius 1 is 1.21 bits per heavy atom. The number of hydrogen-bond acceptors (Lipinski definition) is 4. The van der Waals surface area contributed by atoms with Crippen LogP contribution in [0.15, 0.2) is 42.5 Å². The summed E-state index contributed by atoms with van der Waals surface area (Å²) >= 11 is 6.09. The van der Waals surface area contributed by atoms with Crippen LogP contribution < -0.4 is 9.47 Å². The van der Waals surface area contributed by atoms with Crippen molar-refractivity contribution in [1.82, 2.24) is 9.80 Å². The summed E-state index contributed by atoms with van der Waals surface area (Å²) in [6.07, 6.45) is 4.68. The smallest absolute Gasteiger partial charge is 0.414 e. The number of hydrogen-bond donors (Lipinski definition) is 0. The minimum atomic E-state index is -0.388. The molecule has 154 valence electrons. The largest absolute Gasteiger partial charge is 0.494 e. The van der Waals surface area contributed by atoms with E-state index in [2.05, 4.69) is 24.1 Å². The molecule has 6 heteroatoms. The van der Waals surface area contributed by atoms with Gasteiger partial charge in [0, 0.05) is 38.1 Å². The molecule has 29 heavy (non-hydrogen) atoms. The Kier molecular flexibility index (Phi) is 6.83. The molecule has 0 spiro atoms. The van der Waals surface area contributed by atoms with Gasteiger partial charge in [0.15, 0.2) is 0 Å². The molecule has 2 aromatic rings. The minimum Gasteiger partial charge on any atom is -0.494 e. The Balaban J connectivity index is 1.76. The molecule has 1 aliphatic heterocycles. The summed E-state index contributed by atoms with van der Waals surface area (Å²) in [7, 11) is 5.43. The lowest BCUT2D eigenvalue weighted by Gasteiger charge is -2.27. The molecule has 0 fully saturated rings. The lowest BCUT2D eigenvalue weighted by Crippen LogP contribution is -2.27. The van der Waals surface area contributed by atoms with Crippen LogP contribution in [0.5, 0.6) is 11.5 Å². The van der Waals surface area contributed by atoms with Gasteiger partial charge in [0.05, 0.1) is 6.61 Å². The van der Waals surface area contributed by atoms with Gasteiger partial charge in [-0.3, -0.25) is 4.90 Å². The Morgan fingerprint density at radius 2 is 1.97 bits per heavy atom. The fourth-order valence-electron chi connectivity index (χ4n) is 3.33.